The van der Waals surface area contributed by atoms with Gasteiger partial charge < -0.3 is 8.83 Å². The van der Waals surface area contributed by atoms with E-state index in [0.717, 1.165) is 36.4 Å². The van der Waals surface area contributed by atoms with E-state index in [-0.39, 0.29) is 55.4 Å². The van der Waals surface area contributed by atoms with E-state index in [4.69, 9.17) is 8.83 Å². The fourth-order valence-electron chi connectivity index (χ4n) is 4.96. The molecule has 2 aromatic heterocycles. The summed E-state index contributed by atoms with van der Waals surface area (Å²) in [4.78, 5) is 8.56. The minimum absolute atomic E-state index is 0.0128. The summed E-state index contributed by atoms with van der Waals surface area (Å²) in [6, 6.07) is 17.7. The molecule has 0 aliphatic rings. The Bertz CT molecular complexity index is 2500. The van der Waals surface area contributed by atoms with Crippen LogP contribution in [-0.4, -0.2) is 9.97 Å². The first-order chi connectivity index (χ1) is 21.9. The van der Waals surface area contributed by atoms with E-state index < -0.39 is 40.2 Å². The molecule has 0 spiro atoms. The zero-order valence-corrected chi connectivity index (χ0v) is 22.5. The van der Waals surface area contributed by atoms with Crippen LogP contribution in [-0.2, 0) is 12.4 Å². The maximum absolute atomic E-state index is 13.4. The second-order valence-electron chi connectivity index (χ2n) is 9.69. The quantitative estimate of drug-likeness (QED) is 0.189. The standard InChI is InChI=1S/C32H10F6N6O2/c33-31(34,35)20-5-1-15(2-6-20)22-9-17-10-23-27(45-29(43-23)18(11-39)12-40)24(16-3-7-21(8-4-16)32(36,37)38)25(17)28-26(22)44-30(46-28)19(13-41)14-42/h1-10H. The van der Waals surface area contributed by atoms with E-state index in [2.05, 4.69) is 9.97 Å². The van der Waals surface area contributed by atoms with Gasteiger partial charge in [0.05, 0.1) is 11.1 Å². The molecule has 14 heteroatoms. The van der Waals surface area contributed by atoms with Crippen LogP contribution in [0.15, 0.2) is 69.5 Å². The van der Waals surface area contributed by atoms with E-state index in [1.165, 1.54) is 24.3 Å². The predicted molar refractivity (Wildman–Crippen MR) is 148 cm³/mol. The van der Waals surface area contributed by atoms with Gasteiger partial charge in [-0.25, -0.2) is 9.97 Å². The van der Waals surface area contributed by atoms with Crippen LogP contribution in [0, 0.1) is 45.3 Å². The van der Waals surface area contributed by atoms with Crippen LogP contribution in [0.3, 0.4) is 0 Å². The van der Waals surface area contributed by atoms with Gasteiger partial charge in [-0.05, 0) is 52.9 Å². The van der Waals surface area contributed by atoms with Crippen molar-refractivity contribution in [3.8, 4) is 46.5 Å². The summed E-state index contributed by atoms with van der Waals surface area (Å²) in [7, 11) is 0. The van der Waals surface area contributed by atoms with Gasteiger partial charge in [0.15, 0.2) is 22.3 Å². The highest BCUT2D eigenvalue weighted by Crippen LogP contribution is 2.43. The third-order valence-electron chi connectivity index (χ3n) is 7.02. The topological polar surface area (TPSA) is 147 Å². The lowest BCUT2D eigenvalue weighted by Gasteiger charge is -2.13. The average molecular weight is 624 g/mol. The van der Waals surface area contributed by atoms with Crippen LogP contribution in [0.25, 0.3) is 66.4 Å². The zero-order valence-electron chi connectivity index (χ0n) is 22.5. The van der Waals surface area contributed by atoms with E-state index >= 15 is 0 Å². The number of oxazole rings is 2. The molecule has 46 heavy (non-hydrogen) atoms. The van der Waals surface area contributed by atoms with E-state index in [9.17, 15) is 47.4 Å². The van der Waals surface area contributed by atoms with Crippen LogP contribution in [0.4, 0.5) is 26.3 Å². The summed E-state index contributed by atoms with van der Waals surface area (Å²) in [5, 5.41) is 38.2. The van der Waals surface area contributed by atoms with Crippen molar-refractivity contribution in [2.75, 3.05) is 0 Å². The van der Waals surface area contributed by atoms with Crippen LogP contribution in [0.2, 0.25) is 0 Å². The highest BCUT2D eigenvalue weighted by Gasteiger charge is 2.32. The smallest absolute Gasteiger partial charge is 0.416 e. The summed E-state index contributed by atoms with van der Waals surface area (Å²) in [5.41, 5.74) is -2.95. The summed E-state index contributed by atoms with van der Waals surface area (Å²) in [6.45, 7) is 0. The largest absolute Gasteiger partial charge is 0.434 e. The second kappa shape index (κ2) is 10.5. The van der Waals surface area contributed by atoms with Crippen molar-refractivity contribution >= 4 is 44.1 Å². The summed E-state index contributed by atoms with van der Waals surface area (Å²) >= 11 is 0. The molecular weight excluding hydrogens is 614 g/mol. The van der Waals surface area contributed by atoms with Crippen LogP contribution >= 0.6 is 0 Å². The molecule has 0 unspecified atom stereocenters. The number of benzene rings is 4. The molecule has 0 amide bonds. The Kier molecular flexibility index (Phi) is 6.73. The summed E-state index contributed by atoms with van der Waals surface area (Å²) in [5.74, 6) is 0. The molecule has 0 radical (unpaired) electrons. The van der Waals surface area contributed by atoms with E-state index in [1.807, 2.05) is 0 Å². The van der Waals surface area contributed by atoms with Gasteiger partial charge in [0, 0.05) is 16.5 Å². The third kappa shape index (κ3) is 4.81. The average Bonchev–Trinajstić information content (AvgIpc) is 3.65. The summed E-state index contributed by atoms with van der Waals surface area (Å²) in [6.07, 6.45) is -9.27. The molecule has 0 aliphatic carbocycles. The number of aromatic nitrogens is 2. The van der Waals surface area contributed by atoms with Gasteiger partial charge in [0.2, 0.25) is 11.1 Å². The van der Waals surface area contributed by atoms with Gasteiger partial charge in [-0.15, -0.1) is 0 Å². The molecule has 2 heterocycles. The minimum atomic E-state index is -4.65. The number of hydrogen-bond acceptors (Lipinski definition) is 8. The highest BCUT2D eigenvalue weighted by atomic mass is 19.4. The van der Waals surface area contributed by atoms with Crippen molar-refractivity contribution in [1.82, 2.24) is 9.97 Å². The first-order valence-electron chi connectivity index (χ1n) is 12.8. The fraction of sp³-hybridized carbons (Fsp3) is 0.0625. The lowest BCUT2D eigenvalue weighted by Crippen LogP contribution is -2.04. The number of rotatable bonds is 2. The molecular formula is C32H10F6N6O2. The Morgan fingerprint density at radius 2 is 1.09 bits per heavy atom. The Labute approximate surface area is 252 Å². The number of hydrogen-bond donors (Lipinski definition) is 0. The first kappa shape index (κ1) is 29.4. The highest BCUT2D eigenvalue weighted by molar-refractivity contribution is 6.20. The Morgan fingerprint density at radius 3 is 1.59 bits per heavy atom. The number of halogens is 6. The number of alkyl halides is 6. The second-order valence-corrected chi connectivity index (χ2v) is 9.69. The molecule has 0 N–H and O–H groups in total. The molecule has 6 aromatic rings. The lowest BCUT2D eigenvalue weighted by molar-refractivity contribution is -0.138. The Balaban J connectivity index is 1.82. The Hall–Kier alpha value is -6.64. The predicted octanol–water partition coefficient (Wildman–Crippen LogP) is 6.89. The normalized spacial score (nSPS) is 11.6. The molecule has 6 rings (SSSR count). The molecule has 222 valence electrons. The van der Waals surface area contributed by atoms with Crippen LogP contribution in [0.5, 0.6) is 0 Å². The molecule has 0 fully saturated rings. The number of nitriles is 4. The number of fused-ring (bicyclic) bond motifs is 4. The van der Waals surface area contributed by atoms with Gasteiger partial charge in [-0.1, -0.05) is 24.3 Å². The SMILES string of the molecule is N#CC(C#N)=c1nc2cc3cc(-c4ccc(C(F)(F)F)cc4)c4nc(=C(C#N)C#N)oc4c3c(-c3ccc(C(F)(F)F)cc3)c2o1. The van der Waals surface area contributed by atoms with Gasteiger partial charge in [0.1, 0.15) is 35.3 Å². The zero-order chi connectivity index (χ0) is 33.0. The molecule has 4 aromatic carbocycles. The molecule has 0 saturated carbocycles. The van der Waals surface area contributed by atoms with Crippen LogP contribution < -0.4 is 11.1 Å². The number of nitrogens with zero attached hydrogens (tertiary/aromatic N) is 6. The van der Waals surface area contributed by atoms with Crippen molar-refractivity contribution in [2.24, 2.45) is 0 Å². The Morgan fingerprint density at radius 1 is 0.609 bits per heavy atom. The molecule has 0 saturated heterocycles. The monoisotopic (exact) mass is 624 g/mol. The first-order valence-corrected chi connectivity index (χ1v) is 12.8. The molecule has 0 aliphatic heterocycles. The summed E-state index contributed by atoms with van der Waals surface area (Å²) < 4.78 is 91.9. The molecule has 0 atom stereocenters. The molecule has 0 bridgehead atoms. The van der Waals surface area contributed by atoms with E-state index in [0.29, 0.717) is 5.39 Å². The maximum Gasteiger partial charge on any atom is 0.416 e. The van der Waals surface area contributed by atoms with Crippen molar-refractivity contribution in [2.45, 2.75) is 12.4 Å². The third-order valence-corrected chi connectivity index (χ3v) is 7.02. The van der Waals surface area contributed by atoms with Gasteiger partial charge in [-0.2, -0.15) is 47.4 Å². The van der Waals surface area contributed by atoms with Gasteiger partial charge in [-0.3, -0.25) is 0 Å². The van der Waals surface area contributed by atoms with Gasteiger partial charge in [0.25, 0.3) is 0 Å². The fourth-order valence-corrected chi connectivity index (χ4v) is 4.96. The minimum Gasteiger partial charge on any atom is -0.434 e. The maximum atomic E-state index is 13.4. The van der Waals surface area contributed by atoms with E-state index in [1.54, 1.807) is 24.3 Å². The van der Waals surface area contributed by atoms with Crippen molar-refractivity contribution in [1.29, 1.82) is 21.0 Å². The van der Waals surface area contributed by atoms with Crippen LogP contribution in [0.1, 0.15) is 11.1 Å². The van der Waals surface area contributed by atoms with Crippen molar-refractivity contribution in [3.63, 3.8) is 0 Å². The van der Waals surface area contributed by atoms with Crippen molar-refractivity contribution < 1.29 is 35.2 Å². The van der Waals surface area contributed by atoms with Gasteiger partial charge >= 0.3 is 12.4 Å². The molecule has 8 nitrogen and oxygen atoms in total. The van der Waals surface area contributed by atoms with Crippen molar-refractivity contribution in [3.05, 3.63) is 82.9 Å². The lowest BCUT2D eigenvalue weighted by atomic mass is 9.92.